The summed E-state index contributed by atoms with van der Waals surface area (Å²) in [6.07, 6.45) is 0. The second-order valence-electron chi connectivity index (χ2n) is 2.77. The van der Waals surface area contributed by atoms with Gasteiger partial charge in [0.25, 0.3) is 0 Å². The summed E-state index contributed by atoms with van der Waals surface area (Å²) in [5, 5.41) is 3.43. The Morgan fingerprint density at radius 3 is 2.60 bits per heavy atom. The number of benzene rings is 1. The monoisotopic (exact) mass is 243 g/mol. The van der Waals surface area contributed by atoms with Crippen LogP contribution in [0.5, 0.6) is 0 Å². The Labute approximate surface area is 98.4 Å². The number of ether oxygens (including phenoxy) is 1. The van der Waals surface area contributed by atoms with Crippen molar-refractivity contribution in [3.8, 4) is 0 Å². The lowest BCUT2D eigenvalue weighted by atomic mass is 10.2. The molecule has 0 amide bonds. The van der Waals surface area contributed by atoms with E-state index in [4.69, 9.17) is 23.8 Å². The molecule has 0 heterocycles. The number of thiocarbonyl (C=S) groups is 1. The minimum absolute atomic E-state index is 0.0674. The standard InChI is InChI=1S/C10H10ClNO2S/c1-14-9(13)6-12-10(15)7-2-4-8(11)5-3-7/h2-5H,6H2,1H3,(H,12,15). The maximum absolute atomic E-state index is 10.8. The van der Waals surface area contributed by atoms with Crippen LogP contribution in [0.1, 0.15) is 5.56 Å². The van der Waals surface area contributed by atoms with Crippen LogP contribution >= 0.6 is 23.8 Å². The molecule has 0 aliphatic carbocycles. The summed E-state index contributed by atoms with van der Waals surface area (Å²) in [6.45, 7) is 0.0674. The fourth-order valence-corrected chi connectivity index (χ4v) is 1.26. The first-order chi connectivity index (χ1) is 7.13. The molecule has 0 fully saturated rings. The number of carbonyl (C=O) groups is 1. The van der Waals surface area contributed by atoms with Gasteiger partial charge in [-0.1, -0.05) is 36.0 Å². The van der Waals surface area contributed by atoms with Crippen molar-refractivity contribution < 1.29 is 9.53 Å². The fraction of sp³-hybridized carbons (Fsp3) is 0.200. The molecule has 1 N–H and O–H groups in total. The molecule has 0 spiro atoms. The third-order valence-corrected chi connectivity index (χ3v) is 2.36. The Kier molecular flexibility index (Phi) is 4.52. The first-order valence-corrected chi connectivity index (χ1v) is 5.02. The van der Waals surface area contributed by atoms with Gasteiger partial charge in [0.2, 0.25) is 0 Å². The molecule has 0 saturated heterocycles. The van der Waals surface area contributed by atoms with E-state index in [1.165, 1.54) is 7.11 Å². The highest BCUT2D eigenvalue weighted by Gasteiger charge is 2.03. The van der Waals surface area contributed by atoms with E-state index in [1.54, 1.807) is 24.3 Å². The van der Waals surface area contributed by atoms with E-state index in [0.29, 0.717) is 10.0 Å². The van der Waals surface area contributed by atoms with Gasteiger partial charge in [-0.25, -0.2) is 0 Å². The summed E-state index contributed by atoms with van der Waals surface area (Å²) in [7, 11) is 1.33. The van der Waals surface area contributed by atoms with Crippen LogP contribution in [0.15, 0.2) is 24.3 Å². The molecule has 0 atom stereocenters. The number of rotatable bonds is 3. The maximum atomic E-state index is 10.8. The van der Waals surface area contributed by atoms with Gasteiger partial charge in [0.15, 0.2) is 0 Å². The topological polar surface area (TPSA) is 38.3 Å². The third-order valence-electron chi connectivity index (χ3n) is 1.73. The van der Waals surface area contributed by atoms with Crippen LogP contribution in [-0.2, 0) is 9.53 Å². The molecule has 0 radical (unpaired) electrons. The summed E-state index contributed by atoms with van der Waals surface area (Å²) in [5.41, 5.74) is 0.818. The number of esters is 1. The van der Waals surface area contributed by atoms with Crippen LogP contribution in [0.25, 0.3) is 0 Å². The van der Waals surface area contributed by atoms with Gasteiger partial charge >= 0.3 is 5.97 Å². The molecule has 15 heavy (non-hydrogen) atoms. The average molecular weight is 244 g/mol. The quantitative estimate of drug-likeness (QED) is 0.649. The van der Waals surface area contributed by atoms with Crippen molar-refractivity contribution in [1.82, 2.24) is 5.32 Å². The zero-order valence-electron chi connectivity index (χ0n) is 8.12. The van der Waals surface area contributed by atoms with E-state index >= 15 is 0 Å². The largest absolute Gasteiger partial charge is 0.468 e. The predicted molar refractivity (Wildman–Crippen MR) is 63.2 cm³/mol. The van der Waals surface area contributed by atoms with Crippen LogP contribution in [0, 0.1) is 0 Å². The first kappa shape index (κ1) is 11.9. The van der Waals surface area contributed by atoms with Crippen LogP contribution in [-0.4, -0.2) is 24.6 Å². The second-order valence-corrected chi connectivity index (χ2v) is 3.61. The van der Waals surface area contributed by atoms with Gasteiger partial charge < -0.3 is 10.1 Å². The van der Waals surface area contributed by atoms with Crippen LogP contribution in [0.3, 0.4) is 0 Å². The van der Waals surface area contributed by atoms with E-state index in [0.717, 1.165) is 5.56 Å². The van der Waals surface area contributed by atoms with E-state index in [-0.39, 0.29) is 12.5 Å². The Hall–Kier alpha value is -1.13. The number of halogens is 1. The Morgan fingerprint density at radius 1 is 1.47 bits per heavy atom. The molecular weight excluding hydrogens is 234 g/mol. The number of hydrogen-bond donors (Lipinski definition) is 1. The molecule has 0 aliphatic heterocycles. The van der Waals surface area contributed by atoms with Crippen molar-refractivity contribution in [1.29, 1.82) is 0 Å². The maximum Gasteiger partial charge on any atom is 0.325 e. The summed E-state index contributed by atoms with van der Waals surface area (Å²) in [4.78, 5) is 11.3. The molecule has 3 nitrogen and oxygen atoms in total. The number of carbonyl (C=O) groups excluding carboxylic acids is 1. The SMILES string of the molecule is COC(=O)CNC(=S)c1ccc(Cl)cc1. The average Bonchev–Trinajstić information content (AvgIpc) is 2.26. The van der Waals surface area contributed by atoms with Crippen molar-refractivity contribution in [2.45, 2.75) is 0 Å². The Morgan fingerprint density at radius 2 is 2.07 bits per heavy atom. The van der Waals surface area contributed by atoms with Crippen molar-refractivity contribution >= 4 is 34.8 Å². The minimum atomic E-state index is -0.355. The van der Waals surface area contributed by atoms with Crippen molar-refractivity contribution in [3.05, 3.63) is 34.9 Å². The molecule has 80 valence electrons. The van der Waals surface area contributed by atoms with Gasteiger partial charge in [-0.3, -0.25) is 4.79 Å². The zero-order valence-corrected chi connectivity index (χ0v) is 9.69. The minimum Gasteiger partial charge on any atom is -0.468 e. The van der Waals surface area contributed by atoms with Crippen LogP contribution in [0.4, 0.5) is 0 Å². The normalized spacial score (nSPS) is 9.47. The Balaban J connectivity index is 2.54. The van der Waals surface area contributed by atoms with E-state index < -0.39 is 0 Å². The molecule has 0 aliphatic rings. The highest BCUT2D eigenvalue weighted by Crippen LogP contribution is 2.09. The molecule has 0 unspecified atom stereocenters. The van der Waals surface area contributed by atoms with Gasteiger partial charge in [-0.15, -0.1) is 0 Å². The highest BCUT2D eigenvalue weighted by atomic mass is 35.5. The Bertz CT molecular complexity index is 364. The molecule has 0 aromatic heterocycles. The molecular formula is C10H10ClNO2S. The molecule has 1 rings (SSSR count). The summed E-state index contributed by atoms with van der Waals surface area (Å²) >= 11 is 10.8. The van der Waals surface area contributed by atoms with Gasteiger partial charge in [0, 0.05) is 10.6 Å². The predicted octanol–water partition coefficient (Wildman–Crippen LogP) is 1.78. The molecule has 1 aromatic carbocycles. The molecule has 1 aromatic rings. The van der Waals surface area contributed by atoms with E-state index in [1.807, 2.05) is 0 Å². The summed E-state index contributed by atoms with van der Waals surface area (Å²) < 4.78 is 4.47. The van der Waals surface area contributed by atoms with Crippen molar-refractivity contribution in [2.75, 3.05) is 13.7 Å². The van der Waals surface area contributed by atoms with E-state index in [2.05, 4.69) is 10.1 Å². The van der Waals surface area contributed by atoms with Crippen LogP contribution in [0.2, 0.25) is 5.02 Å². The first-order valence-electron chi connectivity index (χ1n) is 4.24. The number of methoxy groups -OCH3 is 1. The van der Waals surface area contributed by atoms with Gasteiger partial charge in [0.05, 0.1) is 7.11 Å². The van der Waals surface area contributed by atoms with Gasteiger partial charge in [0.1, 0.15) is 11.5 Å². The van der Waals surface area contributed by atoms with E-state index in [9.17, 15) is 4.79 Å². The lowest BCUT2D eigenvalue weighted by Crippen LogP contribution is -2.29. The fourth-order valence-electron chi connectivity index (χ4n) is 0.928. The highest BCUT2D eigenvalue weighted by molar-refractivity contribution is 7.80. The zero-order chi connectivity index (χ0) is 11.3. The van der Waals surface area contributed by atoms with Crippen molar-refractivity contribution in [3.63, 3.8) is 0 Å². The molecule has 5 heteroatoms. The lowest BCUT2D eigenvalue weighted by Gasteiger charge is -2.06. The molecule has 0 bridgehead atoms. The van der Waals surface area contributed by atoms with Gasteiger partial charge in [-0.05, 0) is 12.1 Å². The summed E-state index contributed by atoms with van der Waals surface area (Å²) in [5.74, 6) is -0.355. The second kappa shape index (κ2) is 5.68. The lowest BCUT2D eigenvalue weighted by molar-refractivity contribution is -0.139. The number of hydrogen-bond acceptors (Lipinski definition) is 3. The summed E-state index contributed by atoms with van der Waals surface area (Å²) in [6, 6.07) is 7.05. The smallest absolute Gasteiger partial charge is 0.325 e. The van der Waals surface area contributed by atoms with Crippen molar-refractivity contribution in [2.24, 2.45) is 0 Å². The number of nitrogens with one attached hydrogen (secondary N) is 1. The molecule has 0 saturated carbocycles. The third kappa shape index (κ3) is 3.85. The van der Waals surface area contributed by atoms with Gasteiger partial charge in [-0.2, -0.15) is 0 Å². The van der Waals surface area contributed by atoms with Crippen LogP contribution < -0.4 is 5.32 Å².